The van der Waals surface area contributed by atoms with Crippen molar-refractivity contribution in [3.8, 4) is 11.5 Å². The molecule has 0 radical (unpaired) electrons. The second-order valence-corrected chi connectivity index (χ2v) is 4.22. The molecule has 1 heterocycles. The number of fused-ring (bicyclic) bond motifs is 1. The molecule has 4 nitrogen and oxygen atoms in total. The number of hydrogen-bond acceptors (Lipinski definition) is 4. The van der Waals surface area contributed by atoms with Crippen molar-refractivity contribution in [1.82, 2.24) is 4.98 Å². The van der Waals surface area contributed by atoms with Gasteiger partial charge in [-0.05, 0) is 24.3 Å². The summed E-state index contributed by atoms with van der Waals surface area (Å²) in [7, 11) is 0. The van der Waals surface area contributed by atoms with E-state index in [1.54, 1.807) is 12.1 Å². The van der Waals surface area contributed by atoms with E-state index in [0.717, 1.165) is 0 Å². The van der Waals surface area contributed by atoms with Crippen LogP contribution in [0.2, 0.25) is 0 Å². The lowest BCUT2D eigenvalue weighted by atomic mass is 10.2. The third-order valence-electron chi connectivity index (χ3n) is 2.81. The van der Waals surface area contributed by atoms with Crippen molar-refractivity contribution in [3.05, 3.63) is 53.7 Å². The van der Waals surface area contributed by atoms with Crippen LogP contribution in [0.4, 0.5) is 4.39 Å². The molecule has 0 unspecified atom stereocenters. The minimum absolute atomic E-state index is 0.101. The number of aromatic hydroxyl groups is 2. The first-order valence-electron chi connectivity index (χ1n) is 5.88. The summed E-state index contributed by atoms with van der Waals surface area (Å²) in [4.78, 5) is 4.15. The van der Waals surface area contributed by atoms with Gasteiger partial charge in [-0.1, -0.05) is 12.1 Å². The van der Waals surface area contributed by atoms with Crippen molar-refractivity contribution >= 4 is 23.3 Å². The number of para-hydroxylation sites is 1. The number of halogens is 1. The molecule has 100 valence electrons. The summed E-state index contributed by atoms with van der Waals surface area (Å²) in [6, 6.07) is 8.83. The molecule has 0 saturated heterocycles. The second-order valence-electron chi connectivity index (χ2n) is 4.22. The molecule has 0 aliphatic carbocycles. The van der Waals surface area contributed by atoms with Crippen molar-refractivity contribution in [3.63, 3.8) is 0 Å². The minimum atomic E-state index is -0.686. The van der Waals surface area contributed by atoms with Gasteiger partial charge in [0, 0.05) is 17.7 Å². The fraction of sp³-hybridized carbons (Fsp3) is 0. The summed E-state index contributed by atoms with van der Waals surface area (Å²) in [5.74, 6) is -0.703. The fourth-order valence-corrected chi connectivity index (χ4v) is 1.83. The molecule has 0 aliphatic rings. The van der Waals surface area contributed by atoms with Crippen LogP contribution < -0.4 is 0 Å². The molecule has 0 atom stereocenters. The molecular weight excluding hydrogens is 261 g/mol. The molecule has 0 bridgehead atoms. The average molecular weight is 271 g/mol. The lowest BCUT2D eigenvalue weighted by Gasteiger charge is -1.98. The van der Waals surface area contributed by atoms with E-state index in [1.807, 2.05) is 0 Å². The maximum absolute atomic E-state index is 13.2. The molecule has 0 saturated carbocycles. The van der Waals surface area contributed by atoms with Crippen LogP contribution in [0.25, 0.3) is 23.3 Å². The summed E-state index contributed by atoms with van der Waals surface area (Å²) in [5.41, 5.74) is 1.38. The maximum Gasteiger partial charge on any atom is 0.220 e. The second kappa shape index (κ2) is 4.70. The lowest BCUT2D eigenvalue weighted by molar-refractivity contribution is 0.431. The Hall–Kier alpha value is -2.82. The van der Waals surface area contributed by atoms with Gasteiger partial charge >= 0.3 is 0 Å². The molecule has 2 N–H and O–H groups in total. The zero-order chi connectivity index (χ0) is 14.1. The predicted octanol–water partition coefficient (Wildman–Crippen LogP) is 3.55. The number of benzene rings is 2. The maximum atomic E-state index is 13.2. The largest absolute Gasteiger partial charge is 0.508 e. The van der Waals surface area contributed by atoms with Crippen molar-refractivity contribution < 1.29 is 19.0 Å². The van der Waals surface area contributed by atoms with Gasteiger partial charge in [-0.25, -0.2) is 9.37 Å². The van der Waals surface area contributed by atoms with Crippen LogP contribution in [-0.4, -0.2) is 15.2 Å². The highest BCUT2D eigenvalue weighted by Crippen LogP contribution is 2.24. The van der Waals surface area contributed by atoms with E-state index in [2.05, 4.69) is 4.98 Å². The van der Waals surface area contributed by atoms with Crippen molar-refractivity contribution in [2.75, 3.05) is 0 Å². The molecule has 20 heavy (non-hydrogen) atoms. The van der Waals surface area contributed by atoms with Crippen LogP contribution in [0, 0.1) is 5.82 Å². The number of aromatic nitrogens is 1. The highest BCUT2D eigenvalue weighted by Gasteiger charge is 2.06. The van der Waals surface area contributed by atoms with Crippen molar-refractivity contribution in [2.45, 2.75) is 0 Å². The molecular formula is C15H10FNO3. The third-order valence-corrected chi connectivity index (χ3v) is 2.81. The van der Waals surface area contributed by atoms with Crippen LogP contribution in [-0.2, 0) is 0 Å². The van der Waals surface area contributed by atoms with Crippen LogP contribution in [0.1, 0.15) is 11.5 Å². The number of oxazole rings is 1. The Balaban J connectivity index is 1.96. The molecule has 3 aromatic rings. The number of phenolic OH excluding ortho intramolecular Hbond substituents is 2. The molecule has 0 spiro atoms. The highest BCUT2D eigenvalue weighted by molar-refractivity contribution is 5.77. The van der Waals surface area contributed by atoms with Gasteiger partial charge in [0.25, 0.3) is 0 Å². The Kier molecular flexibility index (Phi) is 2.87. The number of rotatable bonds is 2. The quantitative estimate of drug-likeness (QED) is 0.748. The molecule has 5 heteroatoms. The van der Waals surface area contributed by atoms with E-state index in [9.17, 15) is 14.6 Å². The number of nitrogens with zero attached hydrogens (tertiary/aromatic N) is 1. The topological polar surface area (TPSA) is 66.5 Å². The van der Waals surface area contributed by atoms with E-state index in [1.165, 1.54) is 36.4 Å². The summed E-state index contributed by atoms with van der Waals surface area (Å²) >= 11 is 0. The molecule has 2 aromatic carbocycles. The molecule has 0 amide bonds. The first kappa shape index (κ1) is 12.2. The Morgan fingerprint density at radius 3 is 2.80 bits per heavy atom. The van der Waals surface area contributed by atoms with Crippen LogP contribution >= 0.6 is 0 Å². The third kappa shape index (κ3) is 2.21. The standard InChI is InChI=1S/C15H10FNO3/c16-11-3-1-2-9(15(11)19)4-7-14-17-12-8-10(18)5-6-13(12)20-14/h1-8,18-19H/b7-4-. The zero-order valence-corrected chi connectivity index (χ0v) is 10.2. The van der Waals surface area contributed by atoms with E-state index >= 15 is 0 Å². The summed E-state index contributed by atoms with van der Waals surface area (Å²) < 4.78 is 18.6. The van der Waals surface area contributed by atoms with Crippen molar-refractivity contribution in [2.24, 2.45) is 0 Å². The Morgan fingerprint density at radius 1 is 1.10 bits per heavy atom. The smallest absolute Gasteiger partial charge is 0.220 e. The average Bonchev–Trinajstić information content (AvgIpc) is 2.82. The monoisotopic (exact) mass is 271 g/mol. The summed E-state index contributed by atoms with van der Waals surface area (Å²) in [6.07, 6.45) is 3.02. The first-order chi connectivity index (χ1) is 9.63. The fourth-order valence-electron chi connectivity index (χ4n) is 1.83. The predicted molar refractivity (Wildman–Crippen MR) is 72.7 cm³/mol. The van der Waals surface area contributed by atoms with Gasteiger partial charge in [0.1, 0.15) is 11.3 Å². The Labute approximate surface area is 113 Å². The molecule has 0 fully saturated rings. The van der Waals surface area contributed by atoms with Crippen LogP contribution in [0.5, 0.6) is 11.5 Å². The minimum Gasteiger partial charge on any atom is -0.508 e. The number of phenols is 2. The molecule has 3 rings (SSSR count). The summed E-state index contributed by atoms with van der Waals surface area (Å²) in [6.45, 7) is 0. The highest BCUT2D eigenvalue weighted by atomic mass is 19.1. The van der Waals surface area contributed by atoms with Gasteiger partial charge in [0.2, 0.25) is 5.89 Å². The normalized spacial score (nSPS) is 11.4. The van der Waals surface area contributed by atoms with Gasteiger partial charge in [0.05, 0.1) is 0 Å². The first-order valence-corrected chi connectivity index (χ1v) is 5.88. The van der Waals surface area contributed by atoms with Crippen molar-refractivity contribution in [1.29, 1.82) is 0 Å². The van der Waals surface area contributed by atoms with E-state index in [4.69, 9.17) is 4.42 Å². The van der Waals surface area contributed by atoms with Crippen LogP contribution in [0.3, 0.4) is 0 Å². The van der Waals surface area contributed by atoms with Gasteiger partial charge in [-0.15, -0.1) is 0 Å². The SMILES string of the molecule is Oc1ccc2oc(/C=C\c3cccc(F)c3O)nc2c1. The Morgan fingerprint density at radius 2 is 1.95 bits per heavy atom. The van der Waals surface area contributed by atoms with Crippen LogP contribution in [0.15, 0.2) is 40.8 Å². The van der Waals surface area contributed by atoms with E-state index in [-0.39, 0.29) is 5.75 Å². The van der Waals surface area contributed by atoms with Gasteiger partial charge in [-0.3, -0.25) is 0 Å². The van der Waals surface area contributed by atoms with Gasteiger partial charge in [0.15, 0.2) is 17.1 Å². The Bertz CT molecular complexity index is 808. The van der Waals surface area contributed by atoms with Gasteiger partial charge in [-0.2, -0.15) is 0 Å². The molecule has 1 aromatic heterocycles. The van der Waals surface area contributed by atoms with E-state index < -0.39 is 11.6 Å². The van der Waals surface area contributed by atoms with E-state index in [0.29, 0.717) is 22.6 Å². The molecule has 0 aliphatic heterocycles. The zero-order valence-electron chi connectivity index (χ0n) is 10.2. The number of hydrogen-bond donors (Lipinski definition) is 2. The van der Waals surface area contributed by atoms with Gasteiger partial charge < -0.3 is 14.6 Å². The lowest BCUT2D eigenvalue weighted by Crippen LogP contribution is -1.79. The summed E-state index contributed by atoms with van der Waals surface area (Å²) in [5, 5.41) is 18.9.